The molecule has 0 saturated heterocycles. The predicted molar refractivity (Wildman–Crippen MR) is 81.4 cm³/mol. The van der Waals surface area contributed by atoms with E-state index >= 15 is 0 Å². The van der Waals surface area contributed by atoms with Crippen molar-refractivity contribution < 1.29 is 42.9 Å². The summed E-state index contributed by atoms with van der Waals surface area (Å²) in [6.07, 6.45) is 6.49. The van der Waals surface area contributed by atoms with Gasteiger partial charge in [-0.25, -0.2) is 9.36 Å². The zero-order chi connectivity index (χ0) is 15.9. The highest BCUT2D eigenvalue weighted by molar-refractivity contribution is 5.75. The van der Waals surface area contributed by atoms with Gasteiger partial charge in [-0.15, -0.1) is 0 Å². The Bertz CT molecular complexity index is 650. The molecule has 0 fully saturated rings. The third kappa shape index (κ3) is 6.13. The number of carbonyl (C=O) groups excluding carboxylic acids is 2. The van der Waals surface area contributed by atoms with Crippen LogP contribution in [0.2, 0.25) is 0 Å². The lowest BCUT2D eigenvalue weighted by atomic mass is 10.1. The number of hydrogen-bond donors (Lipinski definition) is 0. The van der Waals surface area contributed by atoms with E-state index in [4.69, 9.17) is 4.74 Å². The van der Waals surface area contributed by atoms with Gasteiger partial charge in [0.25, 0.3) is 6.33 Å². The summed E-state index contributed by atoms with van der Waals surface area (Å²) >= 11 is 0. The van der Waals surface area contributed by atoms with Crippen molar-refractivity contribution in [2.75, 3.05) is 6.61 Å². The summed E-state index contributed by atoms with van der Waals surface area (Å²) in [5.41, 5.74) is 2.26. The maximum atomic E-state index is 11.3. The van der Waals surface area contributed by atoms with E-state index in [-0.39, 0.29) is 35.9 Å². The van der Waals surface area contributed by atoms with Crippen LogP contribution < -0.4 is 28.5 Å². The molecule has 0 bridgehead atoms. The Morgan fingerprint density at radius 3 is 2.39 bits per heavy atom. The van der Waals surface area contributed by atoms with Gasteiger partial charge in [-0.1, -0.05) is 24.3 Å². The van der Waals surface area contributed by atoms with Crippen LogP contribution in [-0.2, 0) is 22.5 Å². The molecule has 6 heteroatoms. The van der Waals surface area contributed by atoms with Crippen molar-refractivity contribution in [2.24, 2.45) is 0 Å². The van der Waals surface area contributed by atoms with Crippen molar-refractivity contribution >= 4 is 11.9 Å². The summed E-state index contributed by atoms with van der Waals surface area (Å²) in [7, 11) is 0. The smallest absolute Gasteiger partial charge is 0.310 e. The molecule has 0 aliphatic carbocycles. The topological polar surface area (TPSA) is 52.2 Å². The molecule has 1 heterocycles. The van der Waals surface area contributed by atoms with Crippen LogP contribution in [0.3, 0.4) is 0 Å². The zero-order valence-corrected chi connectivity index (χ0v) is 15.5. The molecule has 0 aliphatic rings. The van der Waals surface area contributed by atoms with Crippen LogP contribution in [-0.4, -0.2) is 23.1 Å². The molecule has 0 aliphatic heterocycles. The minimum Gasteiger partial charge on any atom is -1.00 e. The van der Waals surface area contributed by atoms with E-state index < -0.39 is 0 Å². The average Bonchev–Trinajstić information content (AvgIpc) is 2.96. The number of aromatic nitrogens is 2. The molecular formula is C17H21IN2O3. The van der Waals surface area contributed by atoms with Crippen LogP contribution in [0.1, 0.15) is 36.2 Å². The predicted octanol–water partition coefficient (Wildman–Crippen LogP) is -1.02. The fourth-order valence-corrected chi connectivity index (χ4v) is 2.18. The van der Waals surface area contributed by atoms with Gasteiger partial charge in [0.1, 0.15) is 18.9 Å². The largest absolute Gasteiger partial charge is 1.00 e. The van der Waals surface area contributed by atoms with Gasteiger partial charge in [0.2, 0.25) is 0 Å². The molecule has 0 N–H and O–H groups in total. The lowest BCUT2D eigenvalue weighted by Crippen LogP contribution is -3.00. The van der Waals surface area contributed by atoms with E-state index in [1.54, 1.807) is 17.1 Å². The Hall–Kier alpha value is -1.70. The number of rotatable bonds is 6. The van der Waals surface area contributed by atoms with E-state index in [0.29, 0.717) is 26.0 Å². The molecule has 2 rings (SSSR count). The molecule has 0 unspecified atom stereocenters. The Morgan fingerprint density at radius 1 is 1.17 bits per heavy atom. The number of benzene rings is 1. The molecule has 0 spiro atoms. The molecule has 0 radical (unpaired) electrons. The number of aryl methyl sites for hydroxylation is 1. The Labute approximate surface area is 153 Å². The van der Waals surface area contributed by atoms with Crippen LogP contribution in [0.15, 0.2) is 43.0 Å². The van der Waals surface area contributed by atoms with E-state index in [1.807, 2.05) is 42.0 Å². The third-order valence-corrected chi connectivity index (χ3v) is 3.37. The molecule has 0 atom stereocenters. The number of imidazole rings is 1. The standard InChI is InChI=1S/C17H21N2O3.HI/c1-3-22-17(21)9-8-15-4-6-16(7-5-15)12-18-10-11-19(13-18)14(2)20;/h4-7,10-11,13H,3,8-9,12H2,1-2H3;1H/q+1;/p-1. The summed E-state index contributed by atoms with van der Waals surface area (Å²) < 4.78 is 8.42. The van der Waals surface area contributed by atoms with Gasteiger partial charge in [0.15, 0.2) is 0 Å². The second-order valence-corrected chi connectivity index (χ2v) is 5.13. The number of nitrogens with zero attached hydrogens (tertiary/aromatic N) is 2. The highest BCUT2D eigenvalue weighted by atomic mass is 127. The van der Waals surface area contributed by atoms with Crippen LogP contribution >= 0.6 is 0 Å². The highest BCUT2D eigenvalue weighted by Gasteiger charge is 2.08. The second kappa shape index (κ2) is 9.44. The van der Waals surface area contributed by atoms with Gasteiger partial charge in [0.05, 0.1) is 6.61 Å². The van der Waals surface area contributed by atoms with Crippen LogP contribution in [0.25, 0.3) is 0 Å². The van der Waals surface area contributed by atoms with Crippen molar-refractivity contribution in [2.45, 2.75) is 33.2 Å². The first-order valence-corrected chi connectivity index (χ1v) is 7.40. The number of esters is 1. The number of hydrogen-bond acceptors (Lipinski definition) is 3. The van der Waals surface area contributed by atoms with Crippen LogP contribution in [0.4, 0.5) is 0 Å². The van der Waals surface area contributed by atoms with Crippen molar-refractivity contribution in [3.63, 3.8) is 0 Å². The monoisotopic (exact) mass is 428 g/mol. The Balaban J connectivity index is 0.00000264. The van der Waals surface area contributed by atoms with Crippen LogP contribution in [0, 0.1) is 0 Å². The minimum atomic E-state index is -0.160. The molecular weight excluding hydrogens is 407 g/mol. The first kappa shape index (κ1) is 19.3. The highest BCUT2D eigenvalue weighted by Crippen LogP contribution is 2.07. The van der Waals surface area contributed by atoms with Crippen molar-refractivity contribution in [1.29, 1.82) is 0 Å². The maximum Gasteiger partial charge on any atom is 0.310 e. The van der Waals surface area contributed by atoms with Gasteiger partial charge in [-0.3, -0.25) is 4.79 Å². The van der Waals surface area contributed by atoms with Crippen molar-refractivity contribution in [3.8, 4) is 0 Å². The quantitative estimate of drug-likeness (QED) is 0.337. The third-order valence-electron chi connectivity index (χ3n) is 3.37. The van der Waals surface area contributed by atoms with E-state index in [1.165, 1.54) is 6.92 Å². The summed E-state index contributed by atoms with van der Waals surface area (Å²) in [5, 5.41) is 0. The van der Waals surface area contributed by atoms with E-state index in [0.717, 1.165) is 11.1 Å². The number of halogens is 1. The fourth-order valence-electron chi connectivity index (χ4n) is 2.18. The molecule has 23 heavy (non-hydrogen) atoms. The molecule has 0 saturated carbocycles. The minimum absolute atomic E-state index is 0. The average molecular weight is 428 g/mol. The molecule has 5 nitrogen and oxygen atoms in total. The van der Waals surface area contributed by atoms with Gasteiger partial charge in [-0.05, 0) is 24.5 Å². The summed E-state index contributed by atoms with van der Waals surface area (Å²) in [5.74, 6) is -0.166. The number of ether oxygens (including phenoxy) is 1. The zero-order valence-electron chi connectivity index (χ0n) is 13.4. The summed E-state index contributed by atoms with van der Waals surface area (Å²) in [6.45, 7) is 4.47. The normalized spacial score (nSPS) is 10.0. The second-order valence-electron chi connectivity index (χ2n) is 5.13. The maximum absolute atomic E-state index is 11.3. The van der Waals surface area contributed by atoms with E-state index in [9.17, 15) is 9.59 Å². The molecule has 1 aromatic carbocycles. The molecule has 2 aromatic rings. The Kier molecular flexibility index (Phi) is 7.94. The van der Waals surface area contributed by atoms with Gasteiger partial charge < -0.3 is 28.7 Å². The fraction of sp³-hybridized carbons (Fsp3) is 0.353. The first-order valence-electron chi connectivity index (χ1n) is 7.40. The molecule has 124 valence electrons. The first-order chi connectivity index (χ1) is 10.6. The lowest BCUT2D eigenvalue weighted by molar-refractivity contribution is -0.687. The van der Waals surface area contributed by atoms with Gasteiger partial charge in [-0.2, -0.15) is 4.57 Å². The summed E-state index contributed by atoms with van der Waals surface area (Å²) in [4.78, 5) is 22.6. The Morgan fingerprint density at radius 2 is 1.83 bits per heavy atom. The van der Waals surface area contributed by atoms with Crippen molar-refractivity contribution in [3.05, 3.63) is 54.1 Å². The molecule has 0 amide bonds. The van der Waals surface area contributed by atoms with E-state index in [2.05, 4.69) is 0 Å². The SMILES string of the molecule is CCOC(=O)CCc1ccc(C[n+]2ccn(C(C)=O)c2)cc1.[I-]. The van der Waals surface area contributed by atoms with Gasteiger partial charge in [0, 0.05) is 13.3 Å². The van der Waals surface area contributed by atoms with Gasteiger partial charge >= 0.3 is 11.9 Å². The lowest BCUT2D eigenvalue weighted by Gasteiger charge is -2.03. The number of carbonyl (C=O) groups is 2. The molecule has 1 aromatic heterocycles. The van der Waals surface area contributed by atoms with Crippen LogP contribution in [0.5, 0.6) is 0 Å². The summed E-state index contributed by atoms with van der Waals surface area (Å²) in [6, 6.07) is 8.13. The van der Waals surface area contributed by atoms with Crippen molar-refractivity contribution in [1.82, 2.24) is 4.57 Å².